The number of anilines is 1. The van der Waals surface area contributed by atoms with Gasteiger partial charge in [0.15, 0.2) is 0 Å². The molecule has 0 amide bonds. The molecule has 3 rings (SSSR count). The summed E-state index contributed by atoms with van der Waals surface area (Å²) in [5.41, 5.74) is 9.07. The van der Waals surface area contributed by atoms with Crippen LogP contribution in [0.15, 0.2) is 36.4 Å². The van der Waals surface area contributed by atoms with Gasteiger partial charge in [0, 0.05) is 30.9 Å². The summed E-state index contributed by atoms with van der Waals surface area (Å²) in [4.78, 5) is 2.01. The van der Waals surface area contributed by atoms with E-state index in [0.717, 1.165) is 29.8 Å². The van der Waals surface area contributed by atoms with E-state index in [1.807, 2.05) is 4.90 Å². The lowest BCUT2D eigenvalue weighted by molar-refractivity contribution is 0.604. The van der Waals surface area contributed by atoms with Crippen molar-refractivity contribution in [1.29, 1.82) is 0 Å². The Kier molecular flexibility index (Phi) is 3.40. The van der Waals surface area contributed by atoms with Gasteiger partial charge < -0.3 is 10.6 Å². The Morgan fingerprint density at radius 2 is 1.95 bits per heavy atom. The largest absolute Gasteiger partial charge is 0.366 e. The number of benzene rings is 2. The first kappa shape index (κ1) is 13.1. The van der Waals surface area contributed by atoms with Crippen LogP contribution in [-0.2, 0) is 19.5 Å². The zero-order valence-corrected chi connectivity index (χ0v) is 11.1. The average Bonchev–Trinajstić information content (AvgIpc) is 2.84. The first-order valence-corrected chi connectivity index (χ1v) is 6.68. The lowest BCUT2D eigenvalue weighted by Crippen LogP contribution is -2.20. The van der Waals surface area contributed by atoms with Crippen LogP contribution in [0.4, 0.5) is 14.5 Å². The Balaban J connectivity index is 1.89. The standard InChI is InChI=1S/C16H16F2N2/c17-14-3-2-12-5-6-20(16(12)8-14)10-13-7-11(9-19)1-4-15(13)18/h1-4,7-8H,5-6,9-10,19H2. The van der Waals surface area contributed by atoms with Gasteiger partial charge in [-0.25, -0.2) is 8.78 Å². The Morgan fingerprint density at radius 1 is 1.10 bits per heavy atom. The number of nitrogens with two attached hydrogens (primary N) is 1. The highest BCUT2D eigenvalue weighted by Crippen LogP contribution is 2.30. The maximum Gasteiger partial charge on any atom is 0.128 e. The molecule has 0 fully saturated rings. The summed E-state index contributed by atoms with van der Waals surface area (Å²) in [5.74, 6) is -0.501. The van der Waals surface area contributed by atoms with Crippen LogP contribution < -0.4 is 10.6 Å². The molecule has 2 nitrogen and oxygen atoms in total. The highest BCUT2D eigenvalue weighted by Gasteiger charge is 2.20. The van der Waals surface area contributed by atoms with E-state index in [1.165, 1.54) is 18.2 Å². The summed E-state index contributed by atoms with van der Waals surface area (Å²) in [7, 11) is 0. The van der Waals surface area contributed by atoms with Crippen LogP contribution in [0.25, 0.3) is 0 Å². The molecule has 0 bridgehead atoms. The second kappa shape index (κ2) is 5.21. The Labute approximate surface area is 116 Å². The number of halogens is 2. The van der Waals surface area contributed by atoms with Crippen molar-refractivity contribution in [2.75, 3.05) is 11.4 Å². The Hall–Kier alpha value is -1.94. The quantitative estimate of drug-likeness (QED) is 0.932. The molecular weight excluding hydrogens is 258 g/mol. The molecule has 20 heavy (non-hydrogen) atoms. The molecule has 0 saturated heterocycles. The van der Waals surface area contributed by atoms with Gasteiger partial charge in [0.05, 0.1) is 0 Å². The zero-order valence-electron chi connectivity index (χ0n) is 11.1. The lowest BCUT2D eigenvalue weighted by Gasteiger charge is -2.20. The van der Waals surface area contributed by atoms with Gasteiger partial charge in [-0.1, -0.05) is 12.1 Å². The van der Waals surface area contributed by atoms with Crippen LogP contribution in [-0.4, -0.2) is 6.54 Å². The molecular formula is C16H16F2N2. The number of fused-ring (bicyclic) bond motifs is 1. The van der Waals surface area contributed by atoms with Gasteiger partial charge in [0.2, 0.25) is 0 Å². The third-order valence-electron chi connectivity index (χ3n) is 3.75. The van der Waals surface area contributed by atoms with Crippen LogP contribution >= 0.6 is 0 Å². The predicted octanol–water partition coefficient (Wildman–Crippen LogP) is 2.99. The molecule has 0 unspecified atom stereocenters. The number of nitrogens with zero attached hydrogens (tertiary/aromatic N) is 1. The number of rotatable bonds is 3. The van der Waals surface area contributed by atoms with Crippen molar-refractivity contribution >= 4 is 5.69 Å². The Morgan fingerprint density at radius 3 is 2.75 bits per heavy atom. The lowest BCUT2D eigenvalue weighted by atomic mass is 10.1. The molecule has 2 aromatic carbocycles. The minimum atomic E-state index is -0.258. The van der Waals surface area contributed by atoms with E-state index in [2.05, 4.69) is 0 Å². The van der Waals surface area contributed by atoms with E-state index < -0.39 is 0 Å². The normalized spacial score (nSPS) is 13.7. The van der Waals surface area contributed by atoms with Gasteiger partial charge in [-0.05, 0) is 41.8 Å². The summed E-state index contributed by atoms with van der Waals surface area (Å²) in [6.45, 7) is 1.61. The smallest absolute Gasteiger partial charge is 0.128 e. The van der Waals surface area contributed by atoms with Crippen molar-refractivity contribution in [1.82, 2.24) is 0 Å². The molecule has 0 aliphatic carbocycles. The Bertz CT molecular complexity index is 640. The highest BCUT2D eigenvalue weighted by molar-refractivity contribution is 5.58. The molecule has 0 aromatic heterocycles. The summed E-state index contributed by atoms with van der Waals surface area (Å²) in [5, 5.41) is 0. The maximum atomic E-state index is 13.9. The van der Waals surface area contributed by atoms with Crippen molar-refractivity contribution in [3.8, 4) is 0 Å². The second-order valence-electron chi connectivity index (χ2n) is 5.07. The van der Waals surface area contributed by atoms with Gasteiger partial charge in [0.1, 0.15) is 11.6 Å². The van der Waals surface area contributed by atoms with Gasteiger partial charge in [-0.2, -0.15) is 0 Å². The zero-order chi connectivity index (χ0) is 14.1. The highest BCUT2D eigenvalue weighted by atomic mass is 19.1. The third-order valence-corrected chi connectivity index (χ3v) is 3.75. The molecule has 1 aliphatic rings. The topological polar surface area (TPSA) is 29.3 Å². The van der Waals surface area contributed by atoms with Crippen molar-refractivity contribution in [2.24, 2.45) is 5.73 Å². The first-order chi connectivity index (χ1) is 9.67. The fourth-order valence-electron chi connectivity index (χ4n) is 2.66. The fraction of sp³-hybridized carbons (Fsp3) is 0.250. The minimum Gasteiger partial charge on any atom is -0.366 e. The summed E-state index contributed by atoms with van der Waals surface area (Å²) in [6.07, 6.45) is 0.869. The van der Waals surface area contributed by atoms with Crippen molar-refractivity contribution < 1.29 is 8.78 Å². The average molecular weight is 274 g/mol. The molecule has 1 heterocycles. The molecule has 2 aromatic rings. The second-order valence-corrected chi connectivity index (χ2v) is 5.07. The fourth-order valence-corrected chi connectivity index (χ4v) is 2.66. The molecule has 1 aliphatic heterocycles. The first-order valence-electron chi connectivity index (χ1n) is 6.68. The van der Waals surface area contributed by atoms with Crippen LogP contribution in [0, 0.1) is 11.6 Å². The molecule has 0 atom stereocenters. The van der Waals surface area contributed by atoms with Crippen LogP contribution in [0.5, 0.6) is 0 Å². The summed E-state index contributed by atoms with van der Waals surface area (Å²) >= 11 is 0. The minimum absolute atomic E-state index is 0.243. The van der Waals surface area contributed by atoms with Crippen LogP contribution in [0.1, 0.15) is 16.7 Å². The molecule has 2 N–H and O–H groups in total. The maximum absolute atomic E-state index is 13.9. The van der Waals surface area contributed by atoms with E-state index in [-0.39, 0.29) is 11.6 Å². The van der Waals surface area contributed by atoms with Crippen molar-refractivity contribution in [3.63, 3.8) is 0 Å². The van der Waals surface area contributed by atoms with Gasteiger partial charge in [-0.3, -0.25) is 0 Å². The van der Waals surface area contributed by atoms with Crippen LogP contribution in [0.3, 0.4) is 0 Å². The summed E-state index contributed by atoms with van der Waals surface area (Å²) < 4.78 is 27.2. The molecule has 4 heteroatoms. The molecule has 104 valence electrons. The molecule has 0 radical (unpaired) electrons. The number of hydrogen-bond donors (Lipinski definition) is 1. The van der Waals surface area contributed by atoms with E-state index in [9.17, 15) is 8.78 Å². The number of hydrogen-bond acceptors (Lipinski definition) is 2. The third kappa shape index (κ3) is 2.39. The van der Waals surface area contributed by atoms with Crippen molar-refractivity contribution in [3.05, 3.63) is 64.7 Å². The monoisotopic (exact) mass is 274 g/mol. The van der Waals surface area contributed by atoms with E-state index >= 15 is 0 Å². The van der Waals surface area contributed by atoms with Gasteiger partial charge in [-0.15, -0.1) is 0 Å². The van der Waals surface area contributed by atoms with Crippen molar-refractivity contribution in [2.45, 2.75) is 19.5 Å². The van der Waals surface area contributed by atoms with Gasteiger partial charge in [0.25, 0.3) is 0 Å². The molecule has 0 spiro atoms. The molecule has 0 saturated carbocycles. The SMILES string of the molecule is NCc1ccc(F)c(CN2CCc3ccc(F)cc32)c1. The summed E-state index contributed by atoms with van der Waals surface area (Å²) in [6, 6.07) is 9.71. The van der Waals surface area contributed by atoms with E-state index in [0.29, 0.717) is 18.7 Å². The van der Waals surface area contributed by atoms with E-state index in [4.69, 9.17) is 5.73 Å². The predicted molar refractivity (Wildman–Crippen MR) is 75.4 cm³/mol. The van der Waals surface area contributed by atoms with Gasteiger partial charge >= 0.3 is 0 Å². The van der Waals surface area contributed by atoms with Crippen LogP contribution in [0.2, 0.25) is 0 Å². The van der Waals surface area contributed by atoms with E-state index in [1.54, 1.807) is 18.2 Å².